The zero-order valence-corrected chi connectivity index (χ0v) is 12.0. The highest BCUT2D eigenvalue weighted by atomic mass is 32.2. The molecular weight excluding hydrogens is 244 g/mol. The first-order valence-electron chi connectivity index (χ1n) is 5.56. The second-order valence-corrected chi connectivity index (χ2v) is 6.51. The summed E-state index contributed by atoms with van der Waals surface area (Å²) in [7, 11) is -3.47. The maximum absolute atomic E-state index is 12.0. The van der Waals surface area contributed by atoms with Crippen LogP contribution in [0.4, 0.5) is 0 Å². The van der Waals surface area contributed by atoms with E-state index in [2.05, 4.69) is 4.72 Å². The highest BCUT2D eigenvalue weighted by molar-refractivity contribution is 7.93. The largest absolute Gasteiger partial charge is 0.392 e. The molecule has 0 spiro atoms. The van der Waals surface area contributed by atoms with Crippen molar-refractivity contribution in [3.05, 3.63) is 0 Å². The Morgan fingerprint density at radius 2 is 1.69 bits per heavy atom. The lowest BCUT2D eigenvalue weighted by atomic mass is 9.91. The van der Waals surface area contributed by atoms with E-state index >= 15 is 0 Å². The summed E-state index contributed by atoms with van der Waals surface area (Å²) < 4.78 is 26.7. The topological polar surface area (TPSA) is 72.2 Å². The van der Waals surface area contributed by atoms with Crippen LogP contribution in [0.5, 0.6) is 0 Å². The molecule has 0 rings (SSSR count). The van der Waals surface area contributed by atoms with Gasteiger partial charge in [0, 0.05) is 5.54 Å². The van der Waals surface area contributed by atoms with Crippen LogP contribution in [-0.4, -0.2) is 24.2 Å². The second-order valence-electron chi connectivity index (χ2n) is 4.03. The van der Waals surface area contributed by atoms with Gasteiger partial charge in [0.2, 0.25) is 10.0 Å². The van der Waals surface area contributed by atoms with Gasteiger partial charge in [0.15, 0.2) is 0 Å². The minimum atomic E-state index is -3.47. The molecule has 6 heteroatoms. The summed E-state index contributed by atoms with van der Waals surface area (Å²) in [5.41, 5.74) is 5.00. The van der Waals surface area contributed by atoms with Crippen molar-refractivity contribution in [2.45, 2.75) is 57.7 Å². The van der Waals surface area contributed by atoms with Crippen molar-refractivity contribution in [1.29, 1.82) is 0 Å². The Morgan fingerprint density at radius 1 is 1.31 bits per heavy atom. The van der Waals surface area contributed by atoms with E-state index in [4.69, 9.17) is 18.0 Å². The summed E-state index contributed by atoms with van der Waals surface area (Å²) in [6.45, 7) is 7.43. The SMILES string of the molecule is CCC(CC)(CC)NS(=O)(=O)C(C)C(N)=S. The van der Waals surface area contributed by atoms with Gasteiger partial charge in [-0.25, -0.2) is 13.1 Å². The number of hydrogen-bond donors (Lipinski definition) is 2. The zero-order valence-electron chi connectivity index (χ0n) is 10.4. The van der Waals surface area contributed by atoms with Gasteiger partial charge in [0.1, 0.15) is 5.25 Å². The molecule has 0 aliphatic heterocycles. The Hall–Kier alpha value is -0.200. The van der Waals surface area contributed by atoms with Gasteiger partial charge in [-0.2, -0.15) is 0 Å². The highest BCUT2D eigenvalue weighted by Crippen LogP contribution is 2.21. The second kappa shape index (κ2) is 5.93. The number of nitrogens with two attached hydrogens (primary N) is 1. The van der Waals surface area contributed by atoms with E-state index in [1.54, 1.807) is 0 Å². The molecule has 0 amide bonds. The van der Waals surface area contributed by atoms with Gasteiger partial charge in [-0.15, -0.1) is 0 Å². The Morgan fingerprint density at radius 3 is 1.94 bits per heavy atom. The van der Waals surface area contributed by atoms with Gasteiger partial charge >= 0.3 is 0 Å². The van der Waals surface area contributed by atoms with Crippen LogP contribution in [0.3, 0.4) is 0 Å². The first kappa shape index (κ1) is 15.8. The molecule has 16 heavy (non-hydrogen) atoms. The average molecular weight is 266 g/mol. The quantitative estimate of drug-likeness (QED) is 0.686. The maximum Gasteiger partial charge on any atom is 0.221 e. The molecule has 0 radical (unpaired) electrons. The molecule has 4 nitrogen and oxygen atoms in total. The van der Waals surface area contributed by atoms with Crippen molar-refractivity contribution < 1.29 is 8.42 Å². The van der Waals surface area contributed by atoms with E-state index in [-0.39, 0.29) is 10.5 Å². The van der Waals surface area contributed by atoms with Crippen LogP contribution in [0.1, 0.15) is 47.0 Å². The molecule has 0 saturated carbocycles. The average Bonchev–Trinajstić information content (AvgIpc) is 2.24. The summed E-state index contributed by atoms with van der Waals surface area (Å²) in [5.74, 6) is 0. The molecule has 0 fully saturated rings. The smallest absolute Gasteiger partial charge is 0.221 e. The first-order valence-corrected chi connectivity index (χ1v) is 7.52. The van der Waals surface area contributed by atoms with E-state index in [0.717, 1.165) is 19.3 Å². The maximum atomic E-state index is 12.0. The van der Waals surface area contributed by atoms with Crippen molar-refractivity contribution in [2.75, 3.05) is 0 Å². The molecule has 0 heterocycles. The summed E-state index contributed by atoms with van der Waals surface area (Å²) >= 11 is 4.72. The van der Waals surface area contributed by atoms with E-state index in [1.807, 2.05) is 20.8 Å². The van der Waals surface area contributed by atoms with Gasteiger partial charge in [-0.3, -0.25) is 0 Å². The Bertz CT molecular complexity index is 326. The van der Waals surface area contributed by atoms with Gasteiger partial charge < -0.3 is 5.73 Å². The standard InChI is InChI=1S/C10H22N2O2S2/c1-5-10(6-2,7-3)12-16(13,14)8(4)9(11)15/h8,12H,5-7H2,1-4H3,(H2,11,15). The molecule has 0 aliphatic carbocycles. The third-order valence-corrected chi connectivity index (χ3v) is 5.66. The van der Waals surface area contributed by atoms with Gasteiger partial charge in [-0.05, 0) is 26.2 Å². The van der Waals surface area contributed by atoms with Crippen molar-refractivity contribution >= 4 is 27.2 Å². The van der Waals surface area contributed by atoms with Crippen LogP contribution in [0.25, 0.3) is 0 Å². The van der Waals surface area contributed by atoms with Crippen LogP contribution in [-0.2, 0) is 10.0 Å². The third-order valence-electron chi connectivity index (χ3n) is 3.26. The van der Waals surface area contributed by atoms with Crippen molar-refractivity contribution in [1.82, 2.24) is 4.72 Å². The molecule has 96 valence electrons. The highest BCUT2D eigenvalue weighted by Gasteiger charge is 2.33. The zero-order chi connectivity index (χ0) is 13.0. The molecule has 3 N–H and O–H groups in total. The fourth-order valence-electron chi connectivity index (χ4n) is 1.51. The van der Waals surface area contributed by atoms with Gasteiger partial charge in [0.05, 0.1) is 4.99 Å². The van der Waals surface area contributed by atoms with E-state index in [9.17, 15) is 8.42 Å². The number of rotatable bonds is 7. The summed E-state index contributed by atoms with van der Waals surface area (Å²) in [4.78, 5) is 0.00436. The Kier molecular flexibility index (Phi) is 5.86. The van der Waals surface area contributed by atoms with Crippen LogP contribution < -0.4 is 10.5 Å². The van der Waals surface area contributed by atoms with Gasteiger partial charge in [0.25, 0.3) is 0 Å². The Balaban J connectivity index is 5.01. The molecule has 1 unspecified atom stereocenters. The number of hydrogen-bond acceptors (Lipinski definition) is 3. The van der Waals surface area contributed by atoms with Crippen LogP contribution in [0, 0.1) is 0 Å². The number of thiocarbonyl (C=S) groups is 1. The predicted molar refractivity (Wildman–Crippen MR) is 71.9 cm³/mol. The van der Waals surface area contributed by atoms with Gasteiger partial charge in [-0.1, -0.05) is 33.0 Å². The van der Waals surface area contributed by atoms with Crippen LogP contribution >= 0.6 is 12.2 Å². The number of nitrogens with one attached hydrogen (secondary N) is 1. The normalized spacial score (nSPS) is 14.8. The molecule has 1 atom stereocenters. The lowest BCUT2D eigenvalue weighted by Gasteiger charge is -2.32. The van der Waals surface area contributed by atoms with Crippen LogP contribution in [0.2, 0.25) is 0 Å². The van der Waals surface area contributed by atoms with Crippen molar-refractivity contribution in [3.8, 4) is 0 Å². The van der Waals surface area contributed by atoms with E-state index in [1.165, 1.54) is 6.92 Å². The van der Waals surface area contributed by atoms with Crippen molar-refractivity contribution in [3.63, 3.8) is 0 Å². The Labute approximate surface area is 104 Å². The fraction of sp³-hybridized carbons (Fsp3) is 0.900. The van der Waals surface area contributed by atoms with E-state index in [0.29, 0.717) is 0 Å². The first-order chi connectivity index (χ1) is 7.24. The molecule has 0 aromatic carbocycles. The molecule has 0 saturated heterocycles. The molecular formula is C10H22N2O2S2. The lowest BCUT2D eigenvalue weighted by Crippen LogP contribution is -2.52. The summed E-state index contributed by atoms with van der Waals surface area (Å²) in [6, 6.07) is 0. The molecule has 0 aromatic rings. The minimum Gasteiger partial charge on any atom is -0.392 e. The fourth-order valence-corrected chi connectivity index (χ4v) is 3.41. The number of sulfonamides is 1. The van der Waals surface area contributed by atoms with E-state index < -0.39 is 15.3 Å². The monoisotopic (exact) mass is 266 g/mol. The summed E-state index contributed by atoms with van der Waals surface area (Å²) in [6.07, 6.45) is 2.26. The molecule has 0 aromatic heterocycles. The minimum absolute atomic E-state index is 0.00436. The van der Waals surface area contributed by atoms with Crippen molar-refractivity contribution in [2.24, 2.45) is 5.73 Å². The lowest BCUT2D eigenvalue weighted by molar-refractivity contribution is 0.341. The molecule has 0 aliphatic rings. The third kappa shape index (κ3) is 3.68. The predicted octanol–water partition coefficient (Wildman–Crippen LogP) is 1.55. The summed E-state index contributed by atoms with van der Waals surface area (Å²) in [5, 5.41) is -0.827. The molecule has 0 bridgehead atoms. The van der Waals surface area contributed by atoms with Crippen LogP contribution in [0.15, 0.2) is 0 Å².